The number of hydrogen-bond donors (Lipinski definition) is 0. The highest BCUT2D eigenvalue weighted by Crippen LogP contribution is 1.81. The lowest BCUT2D eigenvalue weighted by molar-refractivity contribution is 0.261. The summed E-state index contributed by atoms with van der Waals surface area (Å²) in [5, 5.41) is 0. The van der Waals surface area contributed by atoms with Gasteiger partial charge >= 0.3 is 0 Å². The molecule has 8 heavy (non-hydrogen) atoms. The second kappa shape index (κ2) is 1.91. The van der Waals surface area contributed by atoms with E-state index in [4.69, 9.17) is 0 Å². The van der Waals surface area contributed by atoms with Gasteiger partial charge in [0, 0.05) is 12.4 Å². The molecule has 0 atom stereocenters. The Morgan fingerprint density at radius 1 is 1.75 bits per heavy atom. The van der Waals surface area contributed by atoms with Crippen LogP contribution in [0.2, 0.25) is 0 Å². The molecule has 0 saturated heterocycles. The van der Waals surface area contributed by atoms with Gasteiger partial charge in [0.15, 0.2) is 5.53 Å². The van der Waals surface area contributed by atoms with Gasteiger partial charge in [0.05, 0.1) is 0 Å². The van der Waals surface area contributed by atoms with Gasteiger partial charge in [0.25, 0.3) is 0 Å². The molecule has 0 amide bonds. The van der Waals surface area contributed by atoms with Gasteiger partial charge < -0.3 is 0 Å². The molecule has 4 heteroatoms. The summed E-state index contributed by atoms with van der Waals surface area (Å²) in [6, 6.07) is 0. The molecule has 0 fully saturated rings. The summed E-state index contributed by atoms with van der Waals surface area (Å²) >= 11 is 0. The lowest BCUT2D eigenvalue weighted by Gasteiger charge is -1.87. The Hall–Kier alpha value is -0.903. The van der Waals surface area contributed by atoms with Crippen LogP contribution < -0.4 is 0 Å². The van der Waals surface area contributed by atoms with Crippen molar-refractivity contribution in [2.75, 3.05) is 0 Å². The largest absolute Gasteiger partial charge is 0.282 e. The highest BCUT2D eigenvalue weighted by atomic mass is 28.1. The minimum absolute atomic E-state index is 0.127. The molecule has 0 spiro atoms. The molecule has 1 rings (SSSR count). The predicted octanol–water partition coefficient (Wildman–Crippen LogP) is -0.783. The Bertz CT molecular complexity index is 182. The highest BCUT2D eigenvalue weighted by Gasteiger charge is 1.89. The molecule has 0 unspecified atom stereocenters. The van der Waals surface area contributed by atoms with Crippen LogP contribution >= 0.6 is 0 Å². The van der Waals surface area contributed by atoms with Gasteiger partial charge in [-0.05, 0) is 0 Å². The zero-order chi connectivity index (χ0) is 5.98. The van der Waals surface area contributed by atoms with E-state index >= 15 is 0 Å². The number of aromatic nitrogens is 2. The van der Waals surface area contributed by atoms with Crippen molar-refractivity contribution in [2.24, 2.45) is 0 Å². The van der Waals surface area contributed by atoms with Crippen LogP contribution in [0.25, 0.3) is 0 Å². The molecule has 3 nitrogen and oxygen atoms in total. The molecule has 1 aromatic rings. The van der Waals surface area contributed by atoms with Crippen LogP contribution in [-0.4, -0.2) is 25.3 Å². The number of hydrogen-bond acceptors (Lipinski definition) is 2. The van der Waals surface area contributed by atoms with Gasteiger partial charge in [-0.2, -0.15) is 0 Å². The first kappa shape index (κ1) is 5.24. The fourth-order valence-electron chi connectivity index (χ4n) is 0.445. The molecule has 0 bridgehead atoms. The van der Waals surface area contributed by atoms with Crippen molar-refractivity contribution in [2.45, 2.75) is 0 Å². The summed E-state index contributed by atoms with van der Waals surface area (Å²) in [5.41, 5.74) is 0.127. The summed E-state index contributed by atoms with van der Waals surface area (Å²) in [6.07, 6.45) is 4.75. The summed E-state index contributed by atoms with van der Waals surface area (Å²) in [6.45, 7) is 0. The predicted molar refractivity (Wildman–Crippen MR) is 33.0 cm³/mol. The van der Waals surface area contributed by atoms with Gasteiger partial charge in [0.2, 0.25) is 0 Å². The van der Waals surface area contributed by atoms with Gasteiger partial charge in [0.1, 0.15) is 16.6 Å². The van der Waals surface area contributed by atoms with Gasteiger partial charge in [-0.3, -0.25) is 9.36 Å². The number of carbonyl (C=O) groups excluding carboxylic acids is 1. The van der Waals surface area contributed by atoms with Crippen molar-refractivity contribution in [3.63, 3.8) is 0 Å². The Morgan fingerprint density at radius 2 is 2.50 bits per heavy atom. The molecule has 0 radical (unpaired) electrons. The van der Waals surface area contributed by atoms with Crippen LogP contribution in [0.4, 0.5) is 4.79 Å². The van der Waals surface area contributed by atoms with Crippen LogP contribution in [0.5, 0.6) is 0 Å². The fraction of sp³-hybridized carbons (Fsp3) is 0. The van der Waals surface area contributed by atoms with E-state index in [-0.39, 0.29) is 5.53 Å². The zero-order valence-electron chi connectivity index (χ0n) is 4.53. The van der Waals surface area contributed by atoms with Gasteiger partial charge in [-0.1, -0.05) is 0 Å². The molecular formula is C4H6N2OSi. The summed E-state index contributed by atoms with van der Waals surface area (Å²) < 4.78 is 1.48. The van der Waals surface area contributed by atoms with Crippen LogP contribution in [-0.2, 0) is 0 Å². The van der Waals surface area contributed by atoms with E-state index in [1.807, 2.05) is 0 Å². The van der Waals surface area contributed by atoms with E-state index in [1.54, 1.807) is 12.4 Å². The van der Waals surface area contributed by atoms with Crippen molar-refractivity contribution < 1.29 is 4.79 Å². The monoisotopic (exact) mass is 126 g/mol. The van der Waals surface area contributed by atoms with E-state index in [1.165, 1.54) is 10.9 Å². The average Bonchev–Trinajstić information content (AvgIpc) is 2.12. The normalized spacial score (nSPS) is 9.50. The van der Waals surface area contributed by atoms with Crippen molar-refractivity contribution in [3.05, 3.63) is 18.7 Å². The minimum atomic E-state index is 0.127. The Kier molecular flexibility index (Phi) is 1.25. The van der Waals surface area contributed by atoms with E-state index in [0.717, 1.165) is 0 Å². The standard InChI is InChI=1S/C4H6N2OSi/c7-4(8)6-2-1-5-3-6/h1-3H,8H3. The second-order valence-electron chi connectivity index (χ2n) is 1.49. The third kappa shape index (κ3) is 0.839. The van der Waals surface area contributed by atoms with E-state index in [0.29, 0.717) is 10.2 Å². The smallest absolute Gasteiger partial charge is 0.192 e. The Morgan fingerprint density at radius 3 is 2.75 bits per heavy atom. The lowest BCUT2D eigenvalue weighted by atomic mass is 10.9. The molecule has 1 aromatic heterocycles. The molecule has 0 aliphatic rings. The summed E-state index contributed by atoms with van der Waals surface area (Å²) in [5.74, 6) is 0. The summed E-state index contributed by atoms with van der Waals surface area (Å²) in [4.78, 5) is 14.2. The average molecular weight is 126 g/mol. The molecule has 1 heterocycles. The number of imidazole rings is 1. The minimum Gasteiger partial charge on any atom is -0.282 e. The molecule has 0 aromatic carbocycles. The summed E-state index contributed by atoms with van der Waals surface area (Å²) in [7, 11) is 0.556. The van der Waals surface area contributed by atoms with Crippen molar-refractivity contribution in [3.8, 4) is 0 Å². The topological polar surface area (TPSA) is 34.9 Å². The quantitative estimate of drug-likeness (QED) is 0.427. The Balaban J connectivity index is 2.93. The van der Waals surface area contributed by atoms with Gasteiger partial charge in [-0.15, -0.1) is 0 Å². The maximum atomic E-state index is 10.5. The van der Waals surface area contributed by atoms with Crippen LogP contribution in [0.15, 0.2) is 18.7 Å². The fourth-order valence-corrected chi connectivity index (χ4v) is 0.710. The van der Waals surface area contributed by atoms with Crippen LogP contribution in [0.3, 0.4) is 0 Å². The van der Waals surface area contributed by atoms with Crippen LogP contribution in [0, 0.1) is 0 Å². The lowest BCUT2D eigenvalue weighted by Crippen LogP contribution is -2.04. The van der Waals surface area contributed by atoms with E-state index < -0.39 is 0 Å². The highest BCUT2D eigenvalue weighted by molar-refractivity contribution is 6.57. The Labute approximate surface area is 49.8 Å². The van der Waals surface area contributed by atoms with Crippen molar-refractivity contribution >= 4 is 15.8 Å². The van der Waals surface area contributed by atoms with E-state index in [9.17, 15) is 4.79 Å². The third-order valence-corrected chi connectivity index (χ3v) is 1.38. The maximum Gasteiger partial charge on any atom is 0.192 e. The van der Waals surface area contributed by atoms with Gasteiger partial charge in [-0.25, -0.2) is 4.98 Å². The maximum absolute atomic E-state index is 10.5. The first-order valence-corrected chi connectivity index (χ1v) is 3.29. The van der Waals surface area contributed by atoms with Crippen molar-refractivity contribution in [1.29, 1.82) is 0 Å². The molecule has 42 valence electrons. The third-order valence-electron chi connectivity index (χ3n) is 0.868. The number of nitrogens with zero attached hydrogens (tertiary/aromatic N) is 2. The second-order valence-corrected chi connectivity index (χ2v) is 2.34. The molecule has 0 saturated carbocycles. The van der Waals surface area contributed by atoms with E-state index in [2.05, 4.69) is 4.98 Å². The number of carbonyl (C=O) groups is 1. The number of rotatable bonds is 0. The molecular weight excluding hydrogens is 120 g/mol. The molecule has 0 N–H and O–H groups in total. The first-order chi connectivity index (χ1) is 3.80. The van der Waals surface area contributed by atoms with Crippen LogP contribution in [0.1, 0.15) is 0 Å². The molecule has 0 aliphatic carbocycles. The molecule has 0 aliphatic heterocycles. The SMILES string of the molecule is O=C([SiH3])n1ccnc1. The first-order valence-electron chi connectivity index (χ1n) is 2.29. The zero-order valence-corrected chi connectivity index (χ0v) is 6.53. The van der Waals surface area contributed by atoms with Crippen molar-refractivity contribution in [1.82, 2.24) is 9.55 Å².